The molecule has 2 aliphatic rings. The van der Waals surface area contributed by atoms with E-state index in [-0.39, 0.29) is 23.8 Å². The average Bonchev–Trinajstić information content (AvgIpc) is 3.26. The number of rotatable bonds is 13. The number of pyridine rings is 1. The number of hydrogen-bond donors (Lipinski definition) is 1. The Kier molecular flexibility index (Phi) is 10.1. The van der Waals surface area contributed by atoms with E-state index in [1.165, 1.54) is 16.7 Å². The lowest BCUT2D eigenvalue weighted by Gasteiger charge is -2.13. The van der Waals surface area contributed by atoms with Crippen molar-refractivity contribution >= 4 is 27.6 Å². The summed E-state index contributed by atoms with van der Waals surface area (Å²) in [6, 6.07) is 10.3. The molecule has 9 heteroatoms. The highest BCUT2D eigenvalue weighted by atomic mass is 32.2. The summed E-state index contributed by atoms with van der Waals surface area (Å²) in [6.07, 6.45) is 8.16. The monoisotopic (exact) mass is 584 g/mol. The van der Waals surface area contributed by atoms with E-state index in [2.05, 4.69) is 43.1 Å². The molecule has 1 aliphatic carbocycles. The van der Waals surface area contributed by atoms with Gasteiger partial charge in [0.2, 0.25) is 5.88 Å². The summed E-state index contributed by atoms with van der Waals surface area (Å²) in [5.74, 6) is 1.86. The van der Waals surface area contributed by atoms with E-state index >= 15 is 0 Å². The summed E-state index contributed by atoms with van der Waals surface area (Å²) in [5, 5.41) is 9.13. The van der Waals surface area contributed by atoms with Crippen LogP contribution in [0.4, 0.5) is 0 Å². The molecule has 4 rings (SSSR count). The van der Waals surface area contributed by atoms with Crippen LogP contribution in [0.2, 0.25) is 0 Å². The van der Waals surface area contributed by atoms with Gasteiger partial charge in [0.05, 0.1) is 24.5 Å². The van der Waals surface area contributed by atoms with Crippen molar-refractivity contribution in [3.63, 3.8) is 0 Å². The van der Waals surface area contributed by atoms with Crippen LogP contribution in [-0.4, -0.2) is 48.3 Å². The summed E-state index contributed by atoms with van der Waals surface area (Å²) in [4.78, 5) is 16.6. The molecule has 2 heterocycles. The van der Waals surface area contributed by atoms with E-state index in [1.54, 1.807) is 24.9 Å². The molecule has 1 unspecified atom stereocenters. The number of allylic oxidation sites excluding steroid dienone is 5. The third-order valence-electron chi connectivity index (χ3n) is 7.22. The van der Waals surface area contributed by atoms with Crippen LogP contribution >= 0.6 is 11.8 Å². The Balaban J connectivity index is 1.34. The third-order valence-corrected chi connectivity index (χ3v) is 10.3. The van der Waals surface area contributed by atoms with Gasteiger partial charge in [0.25, 0.3) is 9.84 Å². The zero-order valence-corrected chi connectivity index (χ0v) is 25.0. The van der Waals surface area contributed by atoms with Crippen LogP contribution in [0, 0.1) is 0 Å². The number of hydrogen-bond acceptors (Lipinski definition) is 6. The predicted molar refractivity (Wildman–Crippen MR) is 160 cm³/mol. The van der Waals surface area contributed by atoms with Crippen molar-refractivity contribution in [2.45, 2.75) is 63.9 Å². The Morgan fingerprint density at radius 2 is 2.02 bits per heavy atom. The highest BCUT2D eigenvalue weighted by Gasteiger charge is 2.26. The van der Waals surface area contributed by atoms with Crippen LogP contribution in [0.1, 0.15) is 62.6 Å². The molecule has 1 aromatic carbocycles. The fraction of sp³-hybridized carbons (Fsp3) is 0.419. The topological polar surface area (TPSA) is 107 Å². The minimum atomic E-state index is -2.73. The zero-order valence-electron chi connectivity index (χ0n) is 23.4. The molecule has 0 saturated carbocycles. The second kappa shape index (κ2) is 13.5. The molecule has 214 valence electrons. The number of fused-ring (bicyclic) bond motifs is 1. The number of carbonyl (C=O) groups is 1. The van der Waals surface area contributed by atoms with Crippen LogP contribution in [0.3, 0.4) is 0 Å². The van der Waals surface area contributed by atoms with Crippen LogP contribution < -0.4 is 4.74 Å². The molecule has 2 atom stereocenters. The van der Waals surface area contributed by atoms with Crippen LogP contribution in [0.25, 0.3) is 0 Å². The molecule has 1 aromatic heterocycles. The maximum absolute atomic E-state index is 11.8. The fourth-order valence-corrected chi connectivity index (χ4v) is 6.98. The third kappa shape index (κ3) is 8.24. The first kappa shape index (κ1) is 29.9. The summed E-state index contributed by atoms with van der Waals surface area (Å²) < 4.78 is 33.5. The van der Waals surface area contributed by atoms with Crippen molar-refractivity contribution in [3.8, 4) is 5.88 Å². The van der Waals surface area contributed by atoms with E-state index in [1.807, 2.05) is 18.2 Å². The Hall–Kier alpha value is -3.04. The lowest BCUT2D eigenvalue weighted by Crippen LogP contribution is -2.10. The predicted octanol–water partition coefficient (Wildman–Crippen LogP) is 6.42. The number of nitrogens with zero attached hydrogens (tertiary/aromatic N) is 1. The summed E-state index contributed by atoms with van der Waals surface area (Å²) in [7, 11) is -2.73. The molecule has 0 spiro atoms. The quantitative estimate of drug-likeness (QED) is 0.214. The fourth-order valence-electron chi connectivity index (χ4n) is 4.87. The maximum atomic E-state index is 11.8. The highest BCUT2D eigenvalue weighted by Crippen LogP contribution is 2.42. The average molecular weight is 585 g/mol. The van der Waals surface area contributed by atoms with Crippen molar-refractivity contribution in [1.29, 1.82) is 0 Å². The Morgan fingerprint density at radius 3 is 2.80 bits per heavy atom. The van der Waals surface area contributed by atoms with Crippen LogP contribution in [0.5, 0.6) is 5.88 Å². The van der Waals surface area contributed by atoms with Crippen molar-refractivity contribution in [3.05, 3.63) is 87.8 Å². The first-order valence-corrected chi connectivity index (χ1v) is 16.4. The Morgan fingerprint density at radius 1 is 1.23 bits per heavy atom. The summed E-state index contributed by atoms with van der Waals surface area (Å²) in [5.41, 5.74) is 6.97. The van der Waals surface area contributed by atoms with E-state index in [0.29, 0.717) is 25.5 Å². The van der Waals surface area contributed by atoms with Gasteiger partial charge in [-0.2, -0.15) is 4.21 Å². The second-order valence-corrected chi connectivity index (χ2v) is 13.9. The smallest absolute Gasteiger partial charge is 0.303 e. The van der Waals surface area contributed by atoms with Gasteiger partial charge in [-0.15, -0.1) is 11.8 Å². The maximum Gasteiger partial charge on any atom is 0.303 e. The number of thioether (sulfide) groups is 1. The van der Waals surface area contributed by atoms with Gasteiger partial charge in [-0.3, -0.25) is 4.79 Å². The minimum absolute atomic E-state index is 0.0000999. The van der Waals surface area contributed by atoms with Gasteiger partial charge in [0.15, 0.2) is 0 Å². The summed E-state index contributed by atoms with van der Waals surface area (Å²) in [6.45, 7) is 6.80. The lowest BCUT2D eigenvalue weighted by molar-refractivity contribution is -0.137. The molecular formula is C31H38NO6S2+. The van der Waals surface area contributed by atoms with E-state index in [9.17, 15) is 13.2 Å². The van der Waals surface area contributed by atoms with Crippen molar-refractivity contribution in [1.82, 2.24) is 4.98 Å². The second-order valence-electron chi connectivity index (χ2n) is 10.3. The number of aliphatic carboxylic acids is 1. The number of carboxylic acids is 1. The van der Waals surface area contributed by atoms with Crippen LogP contribution in [0.15, 0.2) is 76.1 Å². The normalized spacial score (nSPS) is 18.3. The molecule has 0 fully saturated rings. The number of aromatic nitrogens is 1. The molecule has 2 aromatic rings. The van der Waals surface area contributed by atoms with Gasteiger partial charge < -0.3 is 14.6 Å². The van der Waals surface area contributed by atoms with Crippen molar-refractivity contribution < 1.29 is 27.8 Å². The molecule has 0 saturated heterocycles. The van der Waals surface area contributed by atoms with E-state index < -0.39 is 15.8 Å². The van der Waals surface area contributed by atoms with Gasteiger partial charge >= 0.3 is 5.97 Å². The molecule has 0 amide bonds. The zero-order chi connectivity index (χ0) is 28.7. The molecule has 7 nitrogen and oxygen atoms in total. The van der Waals surface area contributed by atoms with Crippen LogP contribution in [-0.2, 0) is 32.4 Å². The number of benzene rings is 1. The molecule has 40 heavy (non-hydrogen) atoms. The molecule has 0 radical (unpaired) electrons. The molecule has 1 aliphatic heterocycles. The first-order chi connectivity index (χ1) is 19.1. The molecular weight excluding hydrogens is 546 g/mol. The molecule has 0 bridgehead atoms. The standard InChI is InChI=1S/C31H37NO6S2/c1-4-40(35,36)12-6-11-37-26-10-9-21(2)27(22(3)13-26)15-23-7-5-8-24(14-23)19-38-30-17-29-28(18-32-30)25(20-39-29)16-31(33)34/h5,7-8,10,13-14,17-18,25H,4,6,9,11-12,15-16,19-20H2,1-3H3,(H,33,34)/p+1/t25-/m1/s1. The Labute approximate surface area is 241 Å². The number of ether oxygens (including phenoxy) is 2. The van der Waals surface area contributed by atoms with Crippen molar-refractivity contribution in [2.75, 3.05) is 23.9 Å². The Bertz CT molecular complexity index is 1440. The number of carboxylic acid groups (broad SMARTS) is 1. The van der Waals surface area contributed by atoms with Gasteiger partial charge in [-0.25, -0.2) is 9.19 Å². The van der Waals surface area contributed by atoms with E-state index in [4.69, 9.17) is 14.6 Å². The molecule has 2 N–H and O–H groups in total. The van der Waals surface area contributed by atoms with Gasteiger partial charge in [-0.05, 0) is 73.6 Å². The van der Waals surface area contributed by atoms with Crippen molar-refractivity contribution in [2.24, 2.45) is 0 Å². The minimum Gasteiger partial charge on any atom is -0.494 e. The summed E-state index contributed by atoms with van der Waals surface area (Å²) >= 11 is 1.66. The van der Waals surface area contributed by atoms with E-state index in [0.717, 1.165) is 45.9 Å². The lowest BCUT2D eigenvalue weighted by atomic mass is 9.94. The van der Waals surface area contributed by atoms with Gasteiger partial charge in [-0.1, -0.05) is 29.8 Å². The van der Waals surface area contributed by atoms with Gasteiger partial charge in [0.1, 0.15) is 12.4 Å². The SMILES string of the molecule is CCS(=O)(=[OH+])CCCOC1=CCC(C)=C(Cc2cccc(COc3cc4c(cn3)[C@H](CC(=O)O)CS4)c2)C(C)=C1. The largest absolute Gasteiger partial charge is 0.494 e. The highest BCUT2D eigenvalue weighted by molar-refractivity contribution is 7.99. The van der Waals surface area contributed by atoms with Gasteiger partial charge in [0, 0.05) is 35.3 Å². The first-order valence-electron chi connectivity index (χ1n) is 13.6.